The lowest BCUT2D eigenvalue weighted by Gasteiger charge is -2.25. The van der Waals surface area contributed by atoms with E-state index >= 15 is 0 Å². The zero-order valence-electron chi connectivity index (χ0n) is 12.0. The van der Waals surface area contributed by atoms with Gasteiger partial charge >= 0.3 is 0 Å². The third-order valence-electron chi connectivity index (χ3n) is 3.52. The number of methoxy groups -OCH3 is 1. The molecule has 3 rings (SSSR count). The highest BCUT2D eigenvalue weighted by Gasteiger charge is 2.23. The van der Waals surface area contributed by atoms with Crippen LogP contribution in [0.4, 0.5) is 0 Å². The van der Waals surface area contributed by atoms with Gasteiger partial charge in [0.15, 0.2) is 14.7 Å². The van der Waals surface area contributed by atoms with E-state index in [0.717, 1.165) is 17.2 Å². The van der Waals surface area contributed by atoms with Gasteiger partial charge in [0.2, 0.25) is 0 Å². The third-order valence-corrected chi connectivity index (χ3v) is 5.46. The van der Waals surface area contributed by atoms with Gasteiger partial charge < -0.3 is 9.47 Å². The van der Waals surface area contributed by atoms with Crippen molar-refractivity contribution in [2.24, 2.45) is 0 Å². The predicted octanol–water partition coefficient (Wildman–Crippen LogP) is 2.07. The molecule has 0 unspecified atom stereocenters. The molecular weight excluding hydrogens is 310 g/mol. The van der Waals surface area contributed by atoms with Crippen LogP contribution in [0.1, 0.15) is 24.7 Å². The number of fused-ring (bicyclic) bond motifs is 1. The van der Waals surface area contributed by atoms with Crippen molar-refractivity contribution in [3.05, 3.63) is 16.2 Å². The molecule has 1 fully saturated rings. The van der Waals surface area contributed by atoms with Crippen molar-refractivity contribution in [3.8, 4) is 0 Å². The molecule has 0 aliphatic carbocycles. The van der Waals surface area contributed by atoms with Gasteiger partial charge in [-0.05, 0) is 19.1 Å². The smallest absolute Gasteiger partial charge is 0.281 e. The highest BCUT2D eigenvalue weighted by molar-refractivity contribution is 8.00. The molecule has 1 aliphatic rings. The van der Waals surface area contributed by atoms with Gasteiger partial charge in [-0.3, -0.25) is 9.36 Å². The molecule has 3 heterocycles. The Labute approximate surface area is 130 Å². The molecule has 2 aromatic heterocycles. The number of thiazole rings is 1. The molecular formula is C13H17N3O3S2. The van der Waals surface area contributed by atoms with Gasteiger partial charge in [0.05, 0.1) is 0 Å². The summed E-state index contributed by atoms with van der Waals surface area (Å²) in [5.41, 5.74) is 0.409. The molecule has 0 amide bonds. The van der Waals surface area contributed by atoms with Gasteiger partial charge in [-0.15, -0.1) is 0 Å². The standard InChI is InChI=1S/C13H17N3O3S2/c1-18-7-9-14-11-10(15-13(20-2)21-11)12(17)16(9)8-3-5-19-6-4-8/h8H,3-7H2,1-2H3. The summed E-state index contributed by atoms with van der Waals surface area (Å²) >= 11 is 2.99. The predicted molar refractivity (Wildman–Crippen MR) is 83.3 cm³/mol. The van der Waals surface area contributed by atoms with Crippen LogP contribution in [-0.2, 0) is 16.1 Å². The van der Waals surface area contributed by atoms with Gasteiger partial charge in [0.1, 0.15) is 12.4 Å². The number of nitrogens with zero attached hydrogens (tertiary/aromatic N) is 3. The van der Waals surface area contributed by atoms with E-state index in [9.17, 15) is 4.79 Å². The number of hydrogen-bond acceptors (Lipinski definition) is 7. The zero-order valence-corrected chi connectivity index (χ0v) is 13.6. The van der Waals surface area contributed by atoms with Crippen LogP contribution in [0.25, 0.3) is 10.3 Å². The number of ether oxygens (including phenoxy) is 2. The molecule has 114 valence electrons. The summed E-state index contributed by atoms with van der Waals surface area (Å²) in [4.78, 5) is 22.5. The van der Waals surface area contributed by atoms with E-state index < -0.39 is 0 Å². The van der Waals surface area contributed by atoms with E-state index in [2.05, 4.69) is 9.97 Å². The fourth-order valence-corrected chi connectivity index (χ4v) is 3.98. The highest BCUT2D eigenvalue weighted by Crippen LogP contribution is 2.27. The summed E-state index contributed by atoms with van der Waals surface area (Å²) in [5, 5.41) is 0. The van der Waals surface area contributed by atoms with E-state index in [-0.39, 0.29) is 11.6 Å². The van der Waals surface area contributed by atoms with Crippen molar-refractivity contribution in [1.29, 1.82) is 0 Å². The average Bonchev–Trinajstić information content (AvgIpc) is 2.92. The Hall–Kier alpha value is -0.960. The Kier molecular flexibility index (Phi) is 4.58. The summed E-state index contributed by atoms with van der Waals surface area (Å²) < 4.78 is 13.2. The zero-order chi connectivity index (χ0) is 14.8. The molecule has 2 aromatic rings. The maximum Gasteiger partial charge on any atom is 0.281 e. The van der Waals surface area contributed by atoms with Crippen LogP contribution in [0.3, 0.4) is 0 Å². The van der Waals surface area contributed by atoms with Crippen molar-refractivity contribution >= 4 is 33.4 Å². The maximum atomic E-state index is 12.8. The van der Waals surface area contributed by atoms with E-state index in [1.54, 1.807) is 11.7 Å². The second-order valence-corrected chi connectivity index (χ2v) is 6.85. The van der Waals surface area contributed by atoms with Gasteiger partial charge in [-0.1, -0.05) is 23.1 Å². The Morgan fingerprint density at radius 2 is 2.19 bits per heavy atom. The van der Waals surface area contributed by atoms with Crippen molar-refractivity contribution < 1.29 is 9.47 Å². The maximum absolute atomic E-state index is 12.8. The van der Waals surface area contributed by atoms with Crippen molar-refractivity contribution in [3.63, 3.8) is 0 Å². The fraction of sp³-hybridized carbons (Fsp3) is 0.615. The molecule has 6 nitrogen and oxygen atoms in total. The summed E-state index contributed by atoms with van der Waals surface area (Å²) in [5.74, 6) is 0.679. The highest BCUT2D eigenvalue weighted by atomic mass is 32.2. The van der Waals surface area contributed by atoms with Crippen LogP contribution < -0.4 is 5.56 Å². The fourth-order valence-electron chi connectivity index (χ4n) is 2.55. The first-order valence-electron chi connectivity index (χ1n) is 6.77. The number of thioether (sulfide) groups is 1. The minimum Gasteiger partial charge on any atom is -0.381 e. The van der Waals surface area contributed by atoms with Crippen LogP contribution in [0.2, 0.25) is 0 Å². The van der Waals surface area contributed by atoms with E-state index in [1.165, 1.54) is 23.1 Å². The topological polar surface area (TPSA) is 66.2 Å². The molecule has 0 aromatic carbocycles. The van der Waals surface area contributed by atoms with Gasteiger partial charge in [-0.25, -0.2) is 9.97 Å². The molecule has 1 saturated heterocycles. The van der Waals surface area contributed by atoms with Crippen LogP contribution >= 0.6 is 23.1 Å². The summed E-state index contributed by atoms with van der Waals surface area (Å²) in [6.45, 7) is 1.68. The summed E-state index contributed by atoms with van der Waals surface area (Å²) in [6, 6.07) is 0.118. The Morgan fingerprint density at radius 3 is 2.86 bits per heavy atom. The van der Waals surface area contributed by atoms with E-state index in [4.69, 9.17) is 9.47 Å². The summed E-state index contributed by atoms with van der Waals surface area (Å²) in [6.07, 6.45) is 3.59. The van der Waals surface area contributed by atoms with Gasteiger partial charge in [0, 0.05) is 26.4 Å². The molecule has 0 saturated carbocycles. The molecule has 0 spiro atoms. The quantitative estimate of drug-likeness (QED) is 0.801. The molecule has 21 heavy (non-hydrogen) atoms. The van der Waals surface area contributed by atoms with Crippen LogP contribution in [0.15, 0.2) is 9.13 Å². The van der Waals surface area contributed by atoms with Crippen LogP contribution in [0, 0.1) is 0 Å². The average molecular weight is 327 g/mol. The lowest BCUT2D eigenvalue weighted by atomic mass is 10.1. The number of hydrogen-bond donors (Lipinski definition) is 0. The minimum absolute atomic E-state index is 0.0597. The minimum atomic E-state index is -0.0597. The monoisotopic (exact) mass is 327 g/mol. The molecule has 1 aliphatic heterocycles. The lowest BCUT2D eigenvalue weighted by Crippen LogP contribution is -2.32. The SMILES string of the molecule is COCc1nc2sc(SC)nc2c(=O)n1C1CCOCC1. The largest absolute Gasteiger partial charge is 0.381 e. The van der Waals surface area contributed by atoms with Crippen molar-refractivity contribution in [1.82, 2.24) is 14.5 Å². The molecule has 8 heteroatoms. The Bertz CT molecular complexity index is 692. The molecule has 0 atom stereocenters. The van der Waals surface area contributed by atoms with E-state index in [0.29, 0.717) is 36.0 Å². The summed E-state index contributed by atoms with van der Waals surface area (Å²) in [7, 11) is 1.62. The van der Waals surface area contributed by atoms with E-state index in [1.807, 2.05) is 6.26 Å². The first-order valence-corrected chi connectivity index (χ1v) is 8.81. The first kappa shape index (κ1) is 15.0. The number of rotatable bonds is 4. The molecule has 0 N–H and O–H groups in total. The van der Waals surface area contributed by atoms with Gasteiger partial charge in [-0.2, -0.15) is 0 Å². The number of aromatic nitrogens is 3. The Balaban J connectivity index is 2.16. The van der Waals surface area contributed by atoms with Crippen LogP contribution in [-0.4, -0.2) is 41.1 Å². The first-order chi connectivity index (χ1) is 10.2. The van der Waals surface area contributed by atoms with Crippen LogP contribution in [0.5, 0.6) is 0 Å². The van der Waals surface area contributed by atoms with Gasteiger partial charge in [0.25, 0.3) is 5.56 Å². The normalized spacial score (nSPS) is 16.7. The second-order valence-electron chi connectivity index (χ2n) is 4.82. The molecule has 0 radical (unpaired) electrons. The van der Waals surface area contributed by atoms with Crippen molar-refractivity contribution in [2.75, 3.05) is 26.6 Å². The Morgan fingerprint density at radius 1 is 1.43 bits per heavy atom. The van der Waals surface area contributed by atoms with Crippen molar-refractivity contribution in [2.45, 2.75) is 29.8 Å². The second kappa shape index (κ2) is 6.43. The molecule has 0 bridgehead atoms. The third kappa shape index (κ3) is 2.85. The lowest BCUT2D eigenvalue weighted by molar-refractivity contribution is 0.0652.